The lowest BCUT2D eigenvalue weighted by molar-refractivity contribution is 0.117. The largest absolute Gasteiger partial charge is 0.328 e. The smallest absolute Gasteiger partial charge is 0.319 e. The number of hydrogen-bond acceptors (Lipinski definition) is 3. The molecule has 0 aromatic carbocycles. The molecular formula is C12H26N4O. The van der Waals surface area contributed by atoms with Crippen LogP contribution in [0.3, 0.4) is 0 Å². The summed E-state index contributed by atoms with van der Waals surface area (Å²) >= 11 is 0. The molecule has 0 aromatic rings. The summed E-state index contributed by atoms with van der Waals surface area (Å²) in [5, 5.41) is 0. The van der Waals surface area contributed by atoms with Gasteiger partial charge in [-0.3, -0.25) is 10.9 Å². The molecule has 1 aliphatic heterocycles. The fraction of sp³-hybridized carbons (Fsp3) is 0.917. The molecule has 0 bridgehead atoms. The molecule has 17 heavy (non-hydrogen) atoms. The van der Waals surface area contributed by atoms with Crippen LogP contribution in [0.1, 0.15) is 27.2 Å². The molecule has 1 saturated heterocycles. The van der Waals surface area contributed by atoms with Crippen LogP contribution in [0, 0.1) is 5.41 Å². The molecule has 0 radical (unpaired) electrons. The minimum atomic E-state index is 0.110. The lowest BCUT2D eigenvalue weighted by Gasteiger charge is -2.39. The Morgan fingerprint density at radius 1 is 1.35 bits per heavy atom. The summed E-state index contributed by atoms with van der Waals surface area (Å²) in [5.74, 6) is 0. The van der Waals surface area contributed by atoms with Crippen LogP contribution >= 0.6 is 0 Å². The quantitative estimate of drug-likeness (QED) is 0.720. The van der Waals surface area contributed by atoms with E-state index >= 15 is 0 Å². The second-order valence-corrected chi connectivity index (χ2v) is 5.82. The van der Waals surface area contributed by atoms with E-state index in [2.05, 4.69) is 31.6 Å². The van der Waals surface area contributed by atoms with Gasteiger partial charge < -0.3 is 9.80 Å². The summed E-state index contributed by atoms with van der Waals surface area (Å²) in [5.41, 5.74) is 6.34. The number of hydrogen-bond donors (Lipinski definition) is 2. The van der Waals surface area contributed by atoms with E-state index in [0.717, 1.165) is 26.1 Å². The first-order valence-corrected chi connectivity index (χ1v) is 6.28. The summed E-state index contributed by atoms with van der Waals surface area (Å²) < 4.78 is 0. The van der Waals surface area contributed by atoms with Crippen LogP contribution in [-0.2, 0) is 0 Å². The van der Waals surface area contributed by atoms with E-state index in [9.17, 15) is 4.79 Å². The van der Waals surface area contributed by atoms with Crippen molar-refractivity contribution in [3.05, 3.63) is 0 Å². The number of urea groups is 1. The molecule has 5 nitrogen and oxygen atoms in total. The molecule has 100 valence electrons. The van der Waals surface area contributed by atoms with Crippen molar-refractivity contribution in [1.82, 2.24) is 20.7 Å². The Hall–Kier alpha value is -0.810. The number of amides is 2. The predicted octanol–water partition coefficient (Wildman–Crippen LogP) is 0.883. The highest BCUT2D eigenvalue weighted by atomic mass is 16.2. The molecular weight excluding hydrogens is 216 g/mol. The molecule has 1 heterocycles. The summed E-state index contributed by atoms with van der Waals surface area (Å²) in [6, 6.07) is 0.381. The molecule has 0 spiro atoms. The van der Waals surface area contributed by atoms with Crippen molar-refractivity contribution in [3.8, 4) is 0 Å². The number of carbonyl (C=O) groups excluding carboxylic acids is 1. The highest BCUT2D eigenvalue weighted by Gasteiger charge is 2.30. The van der Waals surface area contributed by atoms with E-state index in [-0.39, 0.29) is 17.5 Å². The van der Waals surface area contributed by atoms with Crippen molar-refractivity contribution in [1.29, 1.82) is 0 Å². The fourth-order valence-electron chi connectivity index (χ4n) is 2.03. The first-order valence-electron chi connectivity index (χ1n) is 6.28. The van der Waals surface area contributed by atoms with Gasteiger partial charge in [0.05, 0.1) is 0 Å². The van der Waals surface area contributed by atoms with Crippen molar-refractivity contribution in [2.75, 3.05) is 33.7 Å². The average molecular weight is 242 g/mol. The summed E-state index contributed by atoms with van der Waals surface area (Å²) in [7, 11) is 3.73. The molecule has 0 saturated carbocycles. The molecule has 2 amide bonds. The van der Waals surface area contributed by atoms with Crippen LogP contribution in [0.2, 0.25) is 0 Å². The predicted molar refractivity (Wildman–Crippen MR) is 69.7 cm³/mol. The zero-order chi connectivity index (χ0) is 13.1. The summed E-state index contributed by atoms with van der Waals surface area (Å²) in [6.45, 7) is 9.02. The minimum absolute atomic E-state index is 0.110. The van der Waals surface area contributed by atoms with Gasteiger partial charge in [0, 0.05) is 32.7 Å². The lowest BCUT2D eigenvalue weighted by Crippen LogP contribution is -2.57. The molecule has 1 fully saturated rings. The summed E-state index contributed by atoms with van der Waals surface area (Å²) in [4.78, 5) is 15.7. The van der Waals surface area contributed by atoms with Crippen LogP contribution in [0.25, 0.3) is 0 Å². The van der Waals surface area contributed by atoms with Crippen LogP contribution in [0.5, 0.6) is 0 Å². The highest BCUT2D eigenvalue weighted by Crippen LogP contribution is 2.21. The SMILES string of the molecule is CNN[C@H](CN1CCCN(C)C1=O)C(C)(C)C. The van der Waals surface area contributed by atoms with Crippen LogP contribution in [0.15, 0.2) is 0 Å². The Morgan fingerprint density at radius 3 is 2.53 bits per heavy atom. The minimum Gasteiger partial charge on any atom is -0.328 e. The van der Waals surface area contributed by atoms with E-state index in [1.165, 1.54) is 0 Å². The second kappa shape index (κ2) is 5.69. The third-order valence-electron chi connectivity index (χ3n) is 3.29. The second-order valence-electron chi connectivity index (χ2n) is 5.82. The monoisotopic (exact) mass is 242 g/mol. The fourth-order valence-corrected chi connectivity index (χ4v) is 2.03. The van der Waals surface area contributed by atoms with Gasteiger partial charge >= 0.3 is 6.03 Å². The Kier molecular flexibility index (Phi) is 4.77. The van der Waals surface area contributed by atoms with Gasteiger partial charge in [0.2, 0.25) is 0 Å². The Morgan fingerprint density at radius 2 is 2.00 bits per heavy atom. The Labute approximate surface area is 104 Å². The van der Waals surface area contributed by atoms with Gasteiger partial charge in [-0.1, -0.05) is 20.8 Å². The van der Waals surface area contributed by atoms with Gasteiger partial charge in [-0.2, -0.15) is 0 Å². The maximum absolute atomic E-state index is 12.0. The maximum atomic E-state index is 12.0. The van der Waals surface area contributed by atoms with Gasteiger partial charge in [-0.25, -0.2) is 4.79 Å². The van der Waals surface area contributed by atoms with Crippen molar-refractivity contribution in [2.24, 2.45) is 5.41 Å². The zero-order valence-corrected chi connectivity index (χ0v) is 11.7. The average Bonchev–Trinajstić information content (AvgIpc) is 2.22. The van der Waals surface area contributed by atoms with Crippen molar-refractivity contribution >= 4 is 6.03 Å². The standard InChI is InChI=1S/C12H26N4O/c1-12(2,3)10(14-13-4)9-16-8-6-7-15(5)11(16)17/h10,13-14H,6-9H2,1-5H3/t10-/m1/s1. The van der Waals surface area contributed by atoms with Gasteiger partial charge in [0.15, 0.2) is 0 Å². The maximum Gasteiger partial charge on any atom is 0.319 e. The molecule has 0 unspecified atom stereocenters. The van der Waals surface area contributed by atoms with Crippen LogP contribution in [-0.4, -0.2) is 55.6 Å². The van der Waals surface area contributed by atoms with Gasteiger partial charge in [0.25, 0.3) is 0 Å². The topological polar surface area (TPSA) is 47.6 Å². The van der Waals surface area contributed by atoms with Crippen molar-refractivity contribution in [3.63, 3.8) is 0 Å². The van der Waals surface area contributed by atoms with Crippen LogP contribution < -0.4 is 10.9 Å². The molecule has 1 rings (SSSR count). The number of rotatable bonds is 4. The van der Waals surface area contributed by atoms with Crippen LogP contribution in [0.4, 0.5) is 4.79 Å². The number of hydrazine groups is 1. The highest BCUT2D eigenvalue weighted by molar-refractivity contribution is 5.74. The lowest BCUT2D eigenvalue weighted by atomic mass is 9.86. The zero-order valence-electron chi connectivity index (χ0n) is 11.7. The molecule has 2 N–H and O–H groups in total. The first kappa shape index (κ1) is 14.3. The number of nitrogens with zero attached hydrogens (tertiary/aromatic N) is 2. The third kappa shape index (κ3) is 3.85. The molecule has 0 aromatic heterocycles. The Balaban J connectivity index is 2.63. The van der Waals surface area contributed by atoms with E-state index in [4.69, 9.17) is 0 Å². The number of nitrogens with one attached hydrogen (secondary N) is 2. The van der Waals surface area contributed by atoms with Gasteiger partial charge in [0.1, 0.15) is 0 Å². The first-order chi connectivity index (χ1) is 7.86. The van der Waals surface area contributed by atoms with E-state index in [1.807, 2.05) is 19.0 Å². The molecule has 5 heteroatoms. The summed E-state index contributed by atoms with van der Waals surface area (Å²) in [6.07, 6.45) is 1.05. The Bertz CT molecular complexity index is 262. The van der Waals surface area contributed by atoms with E-state index < -0.39 is 0 Å². The van der Waals surface area contributed by atoms with Gasteiger partial charge in [-0.05, 0) is 18.9 Å². The number of carbonyl (C=O) groups is 1. The third-order valence-corrected chi connectivity index (χ3v) is 3.29. The normalized spacial score (nSPS) is 19.7. The van der Waals surface area contributed by atoms with Gasteiger partial charge in [-0.15, -0.1) is 0 Å². The molecule has 1 aliphatic rings. The molecule has 0 aliphatic carbocycles. The van der Waals surface area contributed by atoms with E-state index in [0.29, 0.717) is 0 Å². The molecule has 1 atom stereocenters. The van der Waals surface area contributed by atoms with Crippen molar-refractivity contribution in [2.45, 2.75) is 33.2 Å². The van der Waals surface area contributed by atoms with E-state index in [1.54, 1.807) is 4.90 Å². The van der Waals surface area contributed by atoms with Crippen molar-refractivity contribution < 1.29 is 4.79 Å².